The molecule has 3 rings (SSSR count). The molecule has 3 aromatic carbocycles. The van der Waals surface area contributed by atoms with Crippen molar-refractivity contribution in [2.24, 2.45) is 5.10 Å². The van der Waals surface area contributed by atoms with Crippen LogP contribution in [0.25, 0.3) is 0 Å². The third-order valence-electron chi connectivity index (χ3n) is 3.98. The van der Waals surface area contributed by atoms with E-state index in [1.165, 1.54) is 24.4 Å². The van der Waals surface area contributed by atoms with Crippen LogP contribution in [0.3, 0.4) is 0 Å². The normalized spacial score (nSPS) is 10.9. The number of hydrogen-bond acceptors (Lipinski definition) is 3. The largest absolute Gasteiger partial charge is 0.488 e. The van der Waals surface area contributed by atoms with Crippen LogP contribution in [0.5, 0.6) is 5.75 Å². The van der Waals surface area contributed by atoms with Crippen molar-refractivity contribution >= 4 is 28.1 Å². The SMILES string of the molecule is O=C(Cc1ccc(F)cc1)N/N=C/c1cc(Br)ccc1OCc1ccccc1F. The van der Waals surface area contributed by atoms with E-state index in [-0.39, 0.29) is 30.6 Å². The Morgan fingerprint density at radius 2 is 1.83 bits per heavy atom. The lowest BCUT2D eigenvalue weighted by atomic mass is 10.1. The zero-order chi connectivity index (χ0) is 20.6. The van der Waals surface area contributed by atoms with Crippen molar-refractivity contribution in [3.63, 3.8) is 0 Å². The molecule has 0 aliphatic rings. The molecule has 1 amide bonds. The molecule has 4 nitrogen and oxygen atoms in total. The van der Waals surface area contributed by atoms with Crippen LogP contribution in [0.15, 0.2) is 76.3 Å². The summed E-state index contributed by atoms with van der Waals surface area (Å²) in [5, 5.41) is 3.96. The molecule has 0 aliphatic carbocycles. The van der Waals surface area contributed by atoms with E-state index < -0.39 is 0 Å². The van der Waals surface area contributed by atoms with Gasteiger partial charge in [-0.25, -0.2) is 14.2 Å². The molecule has 0 aromatic heterocycles. The molecule has 7 heteroatoms. The Morgan fingerprint density at radius 3 is 2.59 bits per heavy atom. The summed E-state index contributed by atoms with van der Waals surface area (Å²) in [5.41, 5.74) is 4.15. The fourth-order valence-corrected chi connectivity index (χ4v) is 2.90. The highest BCUT2D eigenvalue weighted by Crippen LogP contribution is 2.23. The van der Waals surface area contributed by atoms with Gasteiger partial charge in [0.25, 0.3) is 0 Å². The Kier molecular flexibility index (Phi) is 7.08. The number of carbonyl (C=O) groups is 1. The quantitative estimate of drug-likeness (QED) is 0.400. The first-order chi connectivity index (χ1) is 14.0. The number of nitrogens with one attached hydrogen (secondary N) is 1. The van der Waals surface area contributed by atoms with Gasteiger partial charge in [0.05, 0.1) is 12.6 Å². The van der Waals surface area contributed by atoms with Crippen molar-refractivity contribution < 1.29 is 18.3 Å². The smallest absolute Gasteiger partial charge is 0.244 e. The zero-order valence-electron chi connectivity index (χ0n) is 15.2. The number of hydrazone groups is 1. The number of carbonyl (C=O) groups excluding carboxylic acids is 1. The Bertz CT molecular complexity index is 1020. The van der Waals surface area contributed by atoms with Crippen molar-refractivity contribution in [3.8, 4) is 5.75 Å². The van der Waals surface area contributed by atoms with Crippen LogP contribution in [-0.2, 0) is 17.8 Å². The van der Waals surface area contributed by atoms with Crippen molar-refractivity contribution in [2.45, 2.75) is 13.0 Å². The van der Waals surface area contributed by atoms with E-state index >= 15 is 0 Å². The lowest BCUT2D eigenvalue weighted by molar-refractivity contribution is -0.120. The summed E-state index contributed by atoms with van der Waals surface area (Å²) in [7, 11) is 0. The first-order valence-corrected chi connectivity index (χ1v) is 9.52. The van der Waals surface area contributed by atoms with Gasteiger partial charge in [0.2, 0.25) is 5.91 Å². The highest BCUT2D eigenvalue weighted by Gasteiger charge is 2.07. The number of rotatable bonds is 7. The van der Waals surface area contributed by atoms with Crippen molar-refractivity contribution in [2.75, 3.05) is 0 Å². The molecule has 0 heterocycles. The van der Waals surface area contributed by atoms with Gasteiger partial charge in [-0.2, -0.15) is 5.10 Å². The topological polar surface area (TPSA) is 50.7 Å². The Hall–Kier alpha value is -3.06. The van der Waals surface area contributed by atoms with Crippen LogP contribution in [0.1, 0.15) is 16.7 Å². The number of nitrogens with zero attached hydrogens (tertiary/aromatic N) is 1. The first-order valence-electron chi connectivity index (χ1n) is 8.73. The van der Waals surface area contributed by atoms with E-state index in [9.17, 15) is 13.6 Å². The van der Waals surface area contributed by atoms with Crippen LogP contribution < -0.4 is 10.2 Å². The molecule has 0 bridgehead atoms. The fourth-order valence-electron chi connectivity index (χ4n) is 2.52. The van der Waals surface area contributed by atoms with Crippen molar-refractivity contribution in [1.82, 2.24) is 5.43 Å². The van der Waals surface area contributed by atoms with Gasteiger partial charge >= 0.3 is 0 Å². The van der Waals surface area contributed by atoms with Gasteiger partial charge in [0.1, 0.15) is 24.0 Å². The molecular weight excluding hydrogens is 442 g/mol. The molecule has 0 saturated heterocycles. The molecule has 0 unspecified atom stereocenters. The van der Waals surface area contributed by atoms with Gasteiger partial charge in [-0.1, -0.05) is 46.3 Å². The van der Waals surface area contributed by atoms with Crippen LogP contribution >= 0.6 is 15.9 Å². The summed E-state index contributed by atoms with van der Waals surface area (Å²) in [6.45, 7) is 0.0616. The summed E-state index contributed by atoms with van der Waals surface area (Å²) >= 11 is 3.38. The summed E-state index contributed by atoms with van der Waals surface area (Å²) in [6.07, 6.45) is 1.52. The Balaban J connectivity index is 1.63. The molecule has 0 spiro atoms. The van der Waals surface area contributed by atoms with Gasteiger partial charge in [-0.05, 0) is 42.0 Å². The van der Waals surface area contributed by atoms with Crippen molar-refractivity contribution in [3.05, 3.63) is 99.5 Å². The average Bonchev–Trinajstić information content (AvgIpc) is 2.70. The third kappa shape index (κ3) is 6.22. The highest BCUT2D eigenvalue weighted by molar-refractivity contribution is 9.10. The zero-order valence-corrected chi connectivity index (χ0v) is 16.8. The number of ether oxygens (including phenoxy) is 1. The van der Waals surface area contributed by atoms with Crippen LogP contribution in [-0.4, -0.2) is 12.1 Å². The minimum Gasteiger partial charge on any atom is -0.488 e. The maximum atomic E-state index is 13.8. The minimum absolute atomic E-state index is 0.0616. The molecule has 29 heavy (non-hydrogen) atoms. The number of benzene rings is 3. The lowest BCUT2D eigenvalue weighted by Crippen LogP contribution is -2.19. The molecule has 0 aliphatic heterocycles. The lowest BCUT2D eigenvalue weighted by Gasteiger charge is -2.10. The summed E-state index contributed by atoms with van der Waals surface area (Å²) in [6, 6.07) is 17.4. The monoisotopic (exact) mass is 458 g/mol. The second-order valence-corrected chi connectivity index (χ2v) is 7.07. The van der Waals surface area contributed by atoms with Crippen LogP contribution in [0.4, 0.5) is 8.78 Å². The third-order valence-corrected chi connectivity index (χ3v) is 4.48. The molecule has 0 atom stereocenters. The molecule has 0 radical (unpaired) electrons. The van der Waals surface area contributed by atoms with E-state index in [0.717, 1.165) is 4.47 Å². The molecule has 0 saturated carbocycles. The number of hydrogen-bond donors (Lipinski definition) is 1. The van der Waals surface area contributed by atoms with Gasteiger partial charge < -0.3 is 4.74 Å². The first kappa shape index (κ1) is 20.7. The molecule has 1 N–H and O–H groups in total. The van der Waals surface area contributed by atoms with E-state index in [1.54, 1.807) is 48.5 Å². The summed E-state index contributed by atoms with van der Waals surface area (Å²) in [4.78, 5) is 12.0. The van der Waals surface area contributed by atoms with E-state index in [1.807, 2.05) is 0 Å². The number of amides is 1. The van der Waals surface area contributed by atoms with E-state index in [0.29, 0.717) is 22.4 Å². The van der Waals surface area contributed by atoms with E-state index in [4.69, 9.17) is 4.74 Å². The Labute approximate surface area is 175 Å². The van der Waals surface area contributed by atoms with Gasteiger partial charge in [0.15, 0.2) is 0 Å². The molecule has 3 aromatic rings. The van der Waals surface area contributed by atoms with E-state index in [2.05, 4.69) is 26.5 Å². The fraction of sp³-hybridized carbons (Fsp3) is 0.0909. The summed E-state index contributed by atoms with van der Waals surface area (Å²) in [5.74, 6) is -0.540. The predicted octanol–water partition coefficient (Wildman–Crippen LogP) is 5.00. The standard InChI is InChI=1S/C22H17BrF2N2O2/c23-18-7-10-21(29-14-16-3-1-2-4-20(16)25)17(12-18)13-26-27-22(28)11-15-5-8-19(24)9-6-15/h1-10,12-13H,11,14H2,(H,27,28)/b26-13+. The minimum atomic E-state index is -0.357. The summed E-state index contributed by atoms with van der Waals surface area (Å²) < 4.78 is 33.2. The van der Waals surface area contributed by atoms with Crippen LogP contribution in [0, 0.1) is 11.6 Å². The highest BCUT2D eigenvalue weighted by atomic mass is 79.9. The van der Waals surface area contributed by atoms with Crippen molar-refractivity contribution in [1.29, 1.82) is 0 Å². The van der Waals surface area contributed by atoms with Gasteiger partial charge in [-0.15, -0.1) is 0 Å². The molecule has 148 valence electrons. The Morgan fingerprint density at radius 1 is 1.07 bits per heavy atom. The maximum absolute atomic E-state index is 13.8. The second kappa shape index (κ2) is 9.93. The van der Waals surface area contributed by atoms with Gasteiger partial charge in [0, 0.05) is 15.6 Å². The molecular formula is C22H17BrF2N2O2. The van der Waals surface area contributed by atoms with Gasteiger partial charge in [-0.3, -0.25) is 4.79 Å². The number of halogens is 3. The predicted molar refractivity (Wildman–Crippen MR) is 111 cm³/mol. The average molecular weight is 459 g/mol. The van der Waals surface area contributed by atoms with Crippen LogP contribution in [0.2, 0.25) is 0 Å². The second-order valence-electron chi connectivity index (χ2n) is 6.16. The molecule has 0 fully saturated rings. The maximum Gasteiger partial charge on any atom is 0.244 e.